The number of aliphatic hydroxyl groups excluding tert-OH is 1. The second-order valence-electron chi connectivity index (χ2n) is 7.30. The van der Waals surface area contributed by atoms with Gasteiger partial charge in [-0.2, -0.15) is 0 Å². The van der Waals surface area contributed by atoms with Crippen molar-refractivity contribution < 1.29 is 34.1 Å². The summed E-state index contributed by atoms with van der Waals surface area (Å²) in [6, 6.07) is 14.0. The smallest absolute Gasteiger partial charge is 0.412 e. The highest BCUT2D eigenvalue weighted by atomic mass is 16.6. The summed E-state index contributed by atoms with van der Waals surface area (Å²) in [4.78, 5) is 23.7. The van der Waals surface area contributed by atoms with Crippen LogP contribution < -0.4 is 20.3 Å². The molecule has 0 unspecified atom stereocenters. The second kappa shape index (κ2) is 14.4. The number of carbonyl (C=O) groups is 2. The van der Waals surface area contributed by atoms with Crippen LogP contribution in [0.25, 0.3) is 0 Å². The molecule has 9 heteroatoms. The molecule has 9 nitrogen and oxygen atoms in total. The number of allylic oxidation sites excluding steroid dienone is 3. The molecule has 0 spiro atoms. The molecule has 0 aromatic heterocycles. The average Bonchev–Trinajstić information content (AvgIpc) is 2.86. The molecule has 4 N–H and O–H groups in total. The van der Waals surface area contributed by atoms with Crippen molar-refractivity contribution in [3.8, 4) is 11.5 Å². The molecule has 0 aliphatic heterocycles. The first kappa shape index (κ1) is 26.4. The lowest BCUT2D eigenvalue weighted by Crippen LogP contribution is -2.21. The van der Waals surface area contributed by atoms with E-state index in [1.807, 2.05) is 25.1 Å². The number of nitrogens with one attached hydrogen (secondary N) is 2. The molecule has 182 valence electrons. The van der Waals surface area contributed by atoms with Gasteiger partial charge < -0.3 is 19.3 Å². The molecule has 0 saturated heterocycles. The van der Waals surface area contributed by atoms with E-state index in [1.165, 1.54) is 17.6 Å². The Morgan fingerprint density at radius 2 is 1.71 bits per heavy atom. The highest BCUT2D eigenvalue weighted by Gasteiger charge is 2.23. The predicted molar refractivity (Wildman–Crippen MR) is 127 cm³/mol. The third-order valence-corrected chi connectivity index (χ3v) is 4.77. The number of amides is 2. The highest BCUT2D eigenvalue weighted by Crippen LogP contribution is 2.31. The molecule has 0 saturated carbocycles. The standard InChI is InChI=1S/C25H30N2O7/c1-18(6-4-3-5-7-23(29)27-31)24(19-8-12-22(13-9-19)33-17-16-28)34-25(30)26-20-10-14-21(32-2)15-11-20/h3-5,7-15,18,24,28,31H,6,16-17H2,1-2H3,(H,26,30)(H,27,29)/b4-3+,7-5+/t18-,24-/m0/s1. The molecule has 0 aliphatic carbocycles. The van der Waals surface area contributed by atoms with E-state index in [0.717, 1.165) is 5.56 Å². The molecule has 2 rings (SSSR count). The summed E-state index contributed by atoms with van der Waals surface area (Å²) in [6.07, 6.45) is 5.56. The van der Waals surface area contributed by atoms with Crippen molar-refractivity contribution in [2.75, 3.05) is 25.6 Å². The lowest BCUT2D eigenvalue weighted by Gasteiger charge is -2.24. The minimum Gasteiger partial charge on any atom is -0.497 e. The summed E-state index contributed by atoms with van der Waals surface area (Å²) in [7, 11) is 1.56. The number of ether oxygens (including phenoxy) is 3. The Morgan fingerprint density at radius 3 is 2.32 bits per heavy atom. The van der Waals surface area contributed by atoms with Gasteiger partial charge in [0, 0.05) is 17.7 Å². The van der Waals surface area contributed by atoms with Gasteiger partial charge in [-0.3, -0.25) is 15.3 Å². The fourth-order valence-electron chi connectivity index (χ4n) is 3.04. The monoisotopic (exact) mass is 470 g/mol. The van der Waals surface area contributed by atoms with Crippen molar-refractivity contribution in [3.05, 3.63) is 78.4 Å². The van der Waals surface area contributed by atoms with E-state index in [4.69, 9.17) is 24.5 Å². The summed E-state index contributed by atoms with van der Waals surface area (Å²) in [5.74, 6) is 0.532. The Hall–Kier alpha value is -3.82. The zero-order chi connectivity index (χ0) is 24.8. The Morgan fingerprint density at radius 1 is 1.03 bits per heavy atom. The summed E-state index contributed by atoms with van der Waals surface area (Å²) in [5, 5.41) is 20.1. The summed E-state index contributed by atoms with van der Waals surface area (Å²) < 4.78 is 16.3. The topological polar surface area (TPSA) is 126 Å². The molecule has 0 heterocycles. The first-order valence-electron chi connectivity index (χ1n) is 10.7. The van der Waals surface area contributed by atoms with Gasteiger partial charge in [0.25, 0.3) is 5.91 Å². The molecule has 0 fully saturated rings. The van der Waals surface area contributed by atoms with E-state index in [0.29, 0.717) is 23.6 Å². The summed E-state index contributed by atoms with van der Waals surface area (Å²) in [5.41, 5.74) is 2.86. The van der Waals surface area contributed by atoms with Gasteiger partial charge in [0.2, 0.25) is 0 Å². The third kappa shape index (κ3) is 8.97. The lowest BCUT2D eigenvalue weighted by molar-refractivity contribution is -0.124. The minimum atomic E-state index is -0.627. The normalized spacial score (nSPS) is 12.8. The molecular formula is C25H30N2O7. The van der Waals surface area contributed by atoms with Gasteiger partial charge in [-0.05, 0) is 48.4 Å². The Labute approximate surface area is 198 Å². The number of carbonyl (C=O) groups excluding carboxylic acids is 2. The Balaban J connectivity index is 2.11. The number of methoxy groups -OCH3 is 1. The van der Waals surface area contributed by atoms with Crippen LogP contribution in [0.5, 0.6) is 11.5 Å². The Bertz CT molecular complexity index is 956. The van der Waals surface area contributed by atoms with E-state index in [1.54, 1.807) is 49.6 Å². The number of benzene rings is 2. The zero-order valence-electron chi connectivity index (χ0n) is 19.1. The van der Waals surface area contributed by atoms with Crippen molar-refractivity contribution in [1.29, 1.82) is 0 Å². The van der Waals surface area contributed by atoms with Crippen molar-refractivity contribution >= 4 is 17.7 Å². The fourth-order valence-corrected chi connectivity index (χ4v) is 3.04. The lowest BCUT2D eigenvalue weighted by atomic mass is 9.94. The van der Waals surface area contributed by atoms with Gasteiger partial charge in [0.05, 0.1) is 13.7 Å². The predicted octanol–water partition coefficient (Wildman–Crippen LogP) is 4.00. The van der Waals surface area contributed by atoms with E-state index >= 15 is 0 Å². The van der Waals surface area contributed by atoms with Crippen LogP contribution in [0.3, 0.4) is 0 Å². The van der Waals surface area contributed by atoms with Crippen LogP contribution in [-0.4, -0.2) is 42.6 Å². The molecule has 0 aliphatic rings. The largest absolute Gasteiger partial charge is 0.497 e. The van der Waals surface area contributed by atoms with Crippen LogP contribution in [0.2, 0.25) is 0 Å². The molecule has 2 aromatic carbocycles. The number of hydrogen-bond acceptors (Lipinski definition) is 7. The third-order valence-electron chi connectivity index (χ3n) is 4.77. The fraction of sp³-hybridized carbons (Fsp3) is 0.280. The molecule has 2 aromatic rings. The summed E-state index contributed by atoms with van der Waals surface area (Å²) >= 11 is 0. The van der Waals surface area contributed by atoms with Crippen LogP contribution in [0.15, 0.2) is 72.8 Å². The maximum absolute atomic E-state index is 12.6. The van der Waals surface area contributed by atoms with Crippen molar-refractivity contribution in [2.24, 2.45) is 5.92 Å². The van der Waals surface area contributed by atoms with Crippen molar-refractivity contribution in [3.63, 3.8) is 0 Å². The van der Waals surface area contributed by atoms with Crippen molar-refractivity contribution in [1.82, 2.24) is 5.48 Å². The number of hydrogen-bond donors (Lipinski definition) is 4. The van der Waals surface area contributed by atoms with Gasteiger partial charge in [-0.25, -0.2) is 10.3 Å². The maximum atomic E-state index is 12.6. The van der Waals surface area contributed by atoms with E-state index in [-0.39, 0.29) is 19.1 Å². The van der Waals surface area contributed by atoms with Crippen LogP contribution >= 0.6 is 0 Å². The van der Waals surface area contributed by atoms with Gasteiger partial charge >= 0.3 is 6.09 Å². The van der Waals surface area contributed by atoms with E-state index in [2.05, 4.69) is 5.32 Å². The molecular weight excluding hydrogens is 440 g/mol. The molecule has 2 atom stereocenters. The van der Waals surface area contributed by atoms with Gasteiger partial charge in [0.1, 0.15) is 24.2 Å². The van der Waals surface area contributed by atoms with Crippen LogP contribution in [0, 0.1) is 5.92 Å². The molecule has 0 bridgehead atoms. The van der Waals surface area contributed by atoms with Crippen LogP contribution in [0.4, 0.5) is 10.5 Å². The first-order chi connectivity index (χ1) is 16.5. The summed E-state index contributed by atoms with van der Waals surface area (Å²) in [6.45, 7) is 2.04. The molecule has 0 radical (unpaired) electrons. The minimum absolute atomic E-state index is 0.0865. The number of aliphatic hydroxyl groups is 1. The number of hydroxylamine groups is 1. The zero-order valence-corrected chi connectivity index (χ0v) is 19.1. The van der Waals surface area contributed by atoms with Gasteiger partial charge in [0.15, 0.2) is 0 Å². The molecule has 34 heavy (non-hydrogen) atoms. The quantitative estimate of drug-likeness (QED) is 0.160. The SMILES string of the molecule is COc1ccc(NC(=O)O[C@H](c2ccc(OCCO)cc2)[C@@H](C)C/C=C/C=C/C(=O)NO)cc1. The Kier molecular flexibility index (Phi) is 11.2. The van der Waals surface area contributed by atoms with Crippen LogP contribution in [0.1, 0.15) is 25.0 Å². The van der Waals surface area contributed by atoms with E-state index < -0.39 is 18.1 Å². The average molecular weight is 471 g/mol. The highest BCUT2D eigenvalue weighted by molar-refractivity contribution is 5.86. The first-order valence-corrected chi connectivity index (χ1v) is 10.7. The number of rotatable bonds is 12. The van der Waals surface area contributed by atoms with Gasteiger partial charge in [-0.1, -0.05) is 37.3 Å². The van der Waals surface area contributed by atoms with Crippen molar-refractivity contribution in [2.45, 2.75) is 19.4 Å². The van der Waals surface area contributed by atoms with E-state index in [9.17, 15) is 9.59 Å². The van der Waals surface area contributed by atoms with Crippen LogP contribution in [-0.2, 0) is 9.53 Å². The van der Waals surface area contributed by atoms with Gasteiger partial charge in [-0.15, -0.1) is 0 Å². The second-order valence-corrected chi connectivity index (χ2v) is 7.30. The molecule has 2 amide bonds. The maximum Gasteiger partial charge on any atom is 0.412 e. The number of anilines is 1.